The molecule has 1 saturated heterocycles. The molecule has 2 aliphatic rings. The van der Waals surface area contributed by atoms with Gasteiger partial charge in [0.15, 0.2) is 0 Å². The molecule has 0 aliphatic carbocycles. The number of alkyl halides is 3. The lowest BCUT2D eigenvalue weighted by atomic mass is 10.2. The molecule has 1 aromatic rings. The molecular weight excluding hydrogens is 268 g/mol. The summed E-state index contributed by atoms with van der Waals surface area (Å²) in [7, 11) is -0.561. The highest BCUT2D eigenvalue weighted by atomic mass is 31.1. The van der Waals surface area contributed by atoms with Crippen molar-refractivity contribution in [3.8, 4) is 0 Å². The lowest BCUT2D eigenvalue weighted by molar-refractivity contribution is -0.137. The summed E-state index contributed by atoms with van der Waals surface area (Å²) in [6.45, 7) is 0. The van der Waals surface area contributed by atoms with Crippen molar-refractivity contribution < 1.29 is 13.2 Å². The van der Waals surface area contributed by atoms with E-state index in [1.54, 1.807) is 12.1 Å². The normalized spacial score (nSPS) is 19.1. The van der Waals surface area contributed by atoms with Crippen molar-refractivity contribution in [1.29, 1.82) is 0 Å². The monoisotopic (exact) mass is 280 g/mol. The minimum absolute atomic E-state index is 0.561. The van der Waals surface area contributed by atoms with E-state index in [-0.39, 0.29) is 0 Å². The maximum Gasteiger partial charge on any atom is 0.416 e. The molecule has 2 bridgehead atoms. The summed E-state index contributed by atoms with van der Waals surface area (Å²) in [4.78, 5) is 0. The fourth-order valence-corrected chi connectivity index (χ4v) is 5.06. The third kappa shape index (κ3) is 2.40. The number of halogens is 3. The van der Waals surface area contributed by atoms with Crippen LogP contribution >= 0.6 is 7.92 Å². The molecule has 0 amide bonds. The zero-order chi connectivity index (χ0) is 13.5. The van der Waals surface area contributed by atoms with Crippen LogP contribution in [0.2, 0.25) is 0 Å². The highest BCUT2D eigenvalue weighted by molar-refractivity contribution is 7.74. The van der Waals surface area contributed by atoms with E-state index in [0.29, 0.717) is 0 Å². The molecule has 98 valence electrons. The third-order valence-corrected chi connectivity index (χ3v) is 6.06. The van der Waals surface area contributed by atoms with Crippen LogP contribution in [0.1, 0.15) is 18.4 Å². The van der Waals surface area contributed by atoms with E-state index in [9.17, 15) is 13.2 Å². The number of fused-ring (bicyclic) bond motifs is 2. The second kappa shape index (κ2) is 4.64. The average molecular weight is 280 g/mol. The Bertz CT molecular complexity index is 552. The third-order valence-electron chi connectivity index (χ3n) is 3.35. The fraction of sp³-hybridized carbons (Fsp3) is 0.200. The maximum absolute atomic E-state index is 12.6. The second-order valence-electron chi connectivity index (χ2n) is 4.58. The molecule has 4 heteroatoms. The molecule has 0 aromatic heterocycles. The predicted molar refractivity (Wildman–Crippen MR) is 72.5 cm³/mol. The Labute approximate surface area is 111 Å². The van der Waals surface area contributed by atoms with Crippen molar-refractivity contribution in [3.05, 3.63) is 64.8 Å². The highest BCUT2D eigenvalue weighted by Crippen LogP contribution is 2.61. The standard InChI is InChI=1S/C15H12F3P/c16-15(17,18)11-5-7-14(8-6-11)19-12-3-1-2-4-13(19)10-9-12/h1-8H,9-10H2. The van der Waals surface area contributed by atoms with Crippen molar-refractivity contribution >= 4 is 13.2 Å². The van der Waals surface area contributed by atoms with Crippen molar-refractivity contribution in [2.75, 3.05) is 0 Å². The summed E-state index contributed by atoms with van der Waals surface area (Å²) < 4.78 is 37.7. The Hall–Kier alpha value is -1.34. The largest absolute Gasteiger partial charge is 0.416 e. The number of allylic oxidation sites excluding steroid dienone is 6. The van der Waals surface area contributed by atoms with Crippen LogP contribution in [-0.2, 0) is 6.18 Å². The SMILES string of the molecule is FC(F)(F)c1ccc(P2C3=CC=CC=C2CC3)cc1. The molecule has 0 nitrogen and oxygen atoms in total. The first-order chi connectivity index (χ1) is 9.05. The molecule has 2 heterocycles. The van der Waals surface area contributed by atoms with Gasteiger partial charge in [0, 0.05) is 0 Å². The van der Waals surface area contributed by atoms with Crippen molar-refractivity contribution in [1.82, 2.24) is 0 Å². The summed E-state index contributed by atoms with van der Waals surface area (Å²) in [5, 5.41) is 3.73. The Morgan fingerprint density at radius 1 is 0.842 bits per heavy atom. The van der Waals surface area contributed by atoms with Crippen LogP contribution in [0, 0.1) is 0 Å². The van der Waals surface area contributed by atoms with Gasteiger partial charge >= 0.3 is 6.18 Å². The van der Waals surface area contributed by atoms with Gasteiger partial charge < -0.3 is 0 Å². The Morgan fingerprint density at radius 2 is 1.37 bits per heavy atom. The van der Waals surface area contributed by atoms with Gasteiger partial charge in [-0.2, -0.15) is 13.2 Å². The Kier molecular flexibility index (Phi) is 3.10. The molecule has 19 heavy (non-hydrogen) atoms. The molecule has 0 spiro atoms. The van der Waals surface area contributed by atoms with E-state index in [0.717, 1.165) is 18.1 Å². The molecule has 0 N–H and O–H groups in total. The first-order valence-electron chi connectivity index (χ1n) is 6.09. The van der Waals surface area contributed by atoms with Crippen molar-refractivity contribution in [2.24, 2.45) is 0 Å². The summed E-state index contributed by atoms with van der Waals surface area (Å²) >= 11 is 0. The van der Waals surface area contributed by atoms with Crippen LogP contribution in [-0.4, -0.2) is 0 Å². The molecule has 0 unspecified atom stereocenters. The van der Waals surface area contributed by atoms with E-state index < -0.39 is 19.7 Å². The van der Waals surface area contributed by atoms with Crippen LogP contribution in [0.25, 0.3) is 0 Å². The van der Waals surface area contributed by atoms with Gasteiger partial charge in [-0.15, -0.1) is 0 Å². The first-order valence-corrected chi connectivity index (χ1v) is 7.44. The topological polar surface area (TPSA) is 0 Å². The molecule has 1 fully saturated rings. The zero-order valence-electron chi connectivity index (χ0n) is 10.1. The van der Waals surface area contributed by atoms with Gasteiger partial charge in [-0.05, 0) is 48.8 Å². The first kappa shape index (κ1) is 12.7. The van der Waals surface area contributed by atoms with Gasteiger partial charge in [-0.1, -0.05) is 36.4 Å². The molecule has 0 radical (unpaired) electrons. The molecule has 0 atom stereocenters. The van der Waals surface area contributed by atoms with Crippen molar-refractivity contribution in [2.45, 2.75) is 19.0 Å². The number of rotatable bonds is 1. The average Bonchev–Trinajstić information content (AvgIpc) is 2.62. The summed E-state index contributed by atoms with van der Waals surface area (Å²) in [6.07, 6.45) is 6.06. The molecule has 1 aromatic carbocycles. The van der Waals surface area contributed by atoms with Gasteiger partial charge in [-0.3, -0.25) is 0 Å². The van der Waals surface area contributed by atoms with E-state index >= 15 is 0 Å². The minimum Gasteiger partial charge on any atom is -0.166 e. The van der Waals surface area contributed by atoms with E-state index in [1.165, 1.54) is 22.8 Å². The lowest BCUT2D eigenvalue weighted by Gasteiger charge is -2.15. The van der Waals surface area contributed by atoms with Crippen LogP contribution in [0.4, 0.5) is 13.2 Å². The number of hydrogen-bond donors (Lipinski definition) is 0. The smallest absolute Gasteiger partial charge is 0.166 e. The Balaban J connectivity index is 1.96. The molecule has 0 saturated carbocycles. The van der Waals surface area contributed by atoms with Gasteiger partial charge in [0.1, 0.15) is 0 Å². The van der Waals surface area contributed by atoms with Crippen LogP contribution in [0.5, 0.6) is 0 Å². The number of hydrogen-bond acceptors (Lipinski definition) is 0. The van der Waals surface area contributed by atoms with E-state index in [1.807, 2.05) is 12.2 Å². The van der Waals surface area contributed by atoms with Gasteiger partial charge in [-0.25, -0.2) is 0 Å². The van der Waals surface area contributed by atoms with Crippen molar-refractivity contribution in [3.63, 3.8) is 0 Å². The van der Waals surface area contributed by atoms with Gasteiger partial charge in [0.2, 0.25) is 0 Å². The number of benzene rings is 1. The predicted octanol–water partition coefficient (Wildman–Crippen LogP) is 4.94. The van der Waals surface area contributed by atoms with Crippen LogP contribution < -0.4 is 5.30 Å². The summed E-state index contributed by atoms with van der Waals surface area (Å²) in [5.41, 5.74) is -0.575. The lowest BCUT2D eigenvalue weighted by Crippen LogP contribution is -2.08. The minimum atomic E-state index is -4.26. The zero-order valence-corrected chi connectivity index (χ0v) is 11.0. The maximum atomic E-state index is 12.6. The van der Waals surface area contributed by atoms with E-state index in [4.69, 9.17) is 0 Å². The molecule has 3 rings (SSSR count). The fourth-order valence-electron chi connectivity index (χ4n) is 2.44. The molecular formula is C15H12F3P. The van der Waals surface area contributed by atoms with E-state index in [2.05, 4.69) is 12.2 Å². The van der Waals surface area contributed by atoms with Gasteiger partial charge in [0.25, 0.3) is 0 Å². The van der Waals surface area contributed by atoms with Crippen LogP contribution in [0.3, 0.4) is 0 Å². The highest BCUT2D eigenvalue weighted by Gasteiger charge is 2.31. The van der Waals surface area contributed by atoms with Crippen LogP contribution in [0.15, 0.2) is 59.2 Å². The second-order valence-corrected chi connectivity index (χ2v) is 6.92. The molecule has 2 aliphatic heterocycles. The Morgan fingerprint density at radius 3 is 1.84 bits per heavy atom. The summed E-state index contributed by atoms with van der Waals surface area (Å²) in [5.74, 6) is 0. The van der Waals surface area contributed by atoms with Gasteiger partial charge in [0.05, 0.1) is 5.56 Å². The quantitative estimate of drug-likeness (QED) is 0.639. The summed E-state index contributed by atoms with van der Waals surface area (Å²) in [6, 6.07) is 5.65.